The van der Waals surface area contributed by atoms with Gasteiger partial charge in [0.1, 0.15) is 41.4 Å². The lowest BCUT2D eigenvalue weighted by molar-refractivity contribution is -0.158. The number of amides is 6. The first-order chi connectivity index (χ1) is 31.8. The van der Waals surface area contributed by atoms with Crippen molar-refractivity contribution in [2.45, 2.75) is 209 Å². The number of carbonyl (C=O) groups is 8. The number of benzene rings is 1. The lowest BCUT2D eigenvalue weighted by Gasteiger charge is -2.34. The van der Waals surface area contributed by atoms with Gasteiger partial charge in [-0.25, -0.2) is 0 Å². The Labute approximate surface area is 411 Å². The second-order valence-electron chi connectivity index (χ2n) is 21.5. The predicted molar refractivity (Wildman–Crippen MR) is 263 cm³/mol. The zero-order valence-corrected chi connectivity index (χ0v) is 44.6. The van der Waals surface area contributed by atoms with Gasteiger partial charge in [-0.3, -0.25) is 38.4 Å². The van der Waals surface area contributed by atoms with Gasteiger partial charge in [0.15, 0.2) is 6.29 Å². The number of aryl methyl sites for hydroxylation is 1. The van der Waals surface area contributed by atoms with Crippen LogP contribution in [0.3, 0.4) is 0 Å². The molecule has 0 aliphatic heterocycles. The quantitative estimate of drug-likeness (QED) is 0.0512. The summed E-state index contributed by atoms with van der Waals surface area (Å²) in [6.07, 6.45) is 0.575. The summed E-state index contributed by atoms with van der Waals surface area (Å²) in [7, 11) is 2.98. The Morgan fingerprint density at radius 1 is 0.609 bits per heavy atom. The Morgan fingerprint density at radius 2 is 1.14 bits per heavy atom. The van der Waals surface area contributed by atoms with Crippen molar-refractivity contribution in [2.75, 3.05) is 14.2 Å². The van der Waals surface area contributed by atoms with Gasteiger partial charge in [0.25, 0.3) is 0 Å². The number of hydrogen-bond acceptors (Lipinski definition) is 12. The number of methoxy groups -OCH3 is 2. The lowest BCUT2D eigenvalue weighted by atomic mass is 9.85. The van der Waals surface area contributed by atoms with Gasteiger partial charge >= 0.3 is 11.9 Å². The fourth-order valence-electron chi connectivity index (χ4n) is 7.24. The topological polar surface area (TPSA) is 246 Å². The summed E-state index contributed by atoms with van der Waals surface area (Å²) in [5.41, 5.74) is -1.04. The van der Waals surface area contributed by atoms with Crippen LogP contribution in [0.5, 0.6) is 0 Å². The predicted octanol–water partition coefficient (Wildman–Crippen LogP) is 4.86. The van der Waals surface area contributed by atoms with Gasteiger partial charge in [0.05, 0.1) is 18.9 Å². The van der Waals surface area contributed by atoms with Crippen LogP contribution in [0.15, 0.2) is 24.3 Å². The van der Waals surface area contributed by atoms with Crippen molar-refractivity contribution in [3.05, 3.63) is 35.4 Å². The molecule has 18 heteroatoms. The van der Waals surface area contributed by atoms with Crippen LogP contribution in [-0.4, -0.2) is 115 Å². The zero-order chi connectivity index (χ0) is 53.0. The fraction of sp³-hybridized carbons (Fsp3) is 0.725. The summed E-state index contributed by atoms with van der Waals surface area (Å²) in [5.74, 6) is -6.14. The standard InChI is InChI=1S/C51H86N6O12/c1-18-19-24-34(48(66-16)67-17)53-43(61)35(27-30(2)3)55-47(65)42(49(7,8)9)57-45(63)36(28-33-23-21-20-22-32(33)6)54-46(64)41(31(4)5)56-44(62)37(29-40(60)69-51(13,14)15)52-38(58)25-26-39(59)68-50(10,11)12/h20-23,30-31,34-37,41-42,48H,18-19,24-29H2,1-17H3,(H,52,58)(H,53,61)(H,54,64)(H,55,65)(H,56,62)(H,57,63)/t34-,35-,36-,37-,41+,42+/m0/s1. The van der Waals surface area contributed by atoms with Gasteiger partial charge in [-0.1, -0.05) is 92.5 Å². The van der Waals surface area contributed by atoms with Crippen molar-refractivity contribution >= 4 is 47.4 Å². The van der Waals surface area contributed by atoms with E-state index in [1.54, 1.807) is 82.2 Å². The van der Waals surface area contributed by atoms with E-state index >= 15 is 0 Å². The molecule has 1 aromatic rings. The minimum absolute atomic E-state index is 0.00501. The molecule has 0 bridgehead atoms. The van der Waals surface area contributed by atoms with Crippen molar-refractivity contribution in [1.82, 2.24) is 31.9 Å². The molecule has 0 aliphatic carbocycles. The number of hydrogen-bond donors (Lipinski definition) is 6. The largest absolute Gasteiger partial charge is 0.460 e. The highest BCUT2D eigenvalue weighted by Crippen LogP contribution is 2.22. The SMILES string of the molecule is CCCC[C@H](NC(=O)[C@H](CC(C)C)NC(=O)[C@@H](NC(=O)[C@H](Cc1ccccc1C)NC(=O)[C@H](NC(=O)[C@H](CC(=O)OC(C)(C)C)NC(=O)CCC(=O)OC(C)(C)C)C(C)C)C(C)(C)C)C(OC)OC. The van der Waals surface area contributed by atoms with Gasteiger partial charge in [-0.2, -0.15) is 0 Å². The molecule has 0 aliphatic rings. The maximum Gasteiger partial charge on any atom is 0.308 e. The van der Waals surface area contributed by atoms with Gasteiger partial charge in [-0.05, 0) is 89.7 Å². The molecule has 0 saturated heterocycles. The Morgan fingerprint density at radius 3 is 1.65 bits per heavy atom. The third-order valence-electron chi connectivity index (χ3n) is 10.7. The number of unbranched alkanes of at least 4 members (excludes halogenated alkanes) is 1. The van der Waals surface area contributed by atoms with Crippen LogP contribution in [0.1, 0.15) is 153 Å². The van der Waals surface area contributed by atoms with E-state index in [-0.39, 0.29) is 31.6 Å². The van der Waals surface area contributed by atoms with Crippen LogP contribution in [0.25, 0.3) is 0 Å². The normalized spacial score (nSPS) is 14.7. The van der Waals surface area contributed by atoms with Crippen molar-refractivity contribution in [3.63, 3.8) is 0 Å². The number of carbonyl (C=O) groups excluding carboxylic acids is 8. The molecule has 69 heavy (non-hydrogen) atoms. The molecule has 18 nitrogen and oxygen atoms in total. The van der Waals surface area contributed by atoms with E-state index in [2.05, 4.69) is 31.9 Å². The third-order valence-corrected chi connectivity index (χ3v) is 10.7. The summed E-state index contributed by atoms with van der Waals surface area (Å²) >= 11 is 0. The molecule has 1 rings (SSSR count). The van der Waals surface area contributed by atoms with E-state index in [0.717, 1.165) is 24.0 Å². The molecule has 0 aromatic heterocycles. The van der Waals surface area contributed by atoms with Crippen molar-refractivity contribution in [1.29, 1.82) is 0 Å². The first-order valence-corrected chi connectivity index (χ1v) is 24.2. The molecule has 6 atom stereocenters. The van der Waals surface area contributed by atoms with Gasteiger partial charge < -0.3 is 50.8 Å². The van der Waals surface area contributed by atoms with Crippen molar-refractivity contribution in [3.8, 4) is 0 Å². The highest BCUT2D eigenvalue weighted by atomic mass is 16.7. The summed E-state index contributed by atoms with van der Waals surface area (Å²) in [6, 6.07) is 0.537. The molecular weight excluding hydrogens is 889 g/mol. The van der Waals surface area contributed by atoms with E-state index in [1.807, 2.05) is 45.9 Å². The number of rotatable bonds is 27. The first kappa shape index (κ1) is 61.9. The second kappa shape index (κ2) is 28.5. The smallest absolute Gasteiger partial charge is 0.308 e. The van der Waals surface area contributed by atoms with Crippen molar-refractivity contribution in [2.24, 2.45) is 17.3 Å². The maximum absolute atomic E-state index is 14.6. The summed E-state index contributed by atoms with van der Waals surface area (Å²) in [4.78, 5) is 110. The molecule has 0 spiro atoms. The Kier molecular flexibility index (Phi) is 25.6. The molecule has 0 fully saturated rings. The van der Waals surface area contributed by atoms with Crippen LogP contribution in [0.2, 0.25) is 0 Å². The fourth-order valence-corrected chi connectivity index (χ4v) is 7.24. The van der Waals surface area contributed by atoms with Crippen LogP contribution >= 0.6 is 0 Å². The Hall–Kier alpha value is -5.10. The molecule has 0 heterocycles. The van der Waals surface area contributed by atoms with Crippen LogP contribution in [0, 0.1) is 24.2 Å². The van der Waals surface area contributed by atoms with E-state index in [4.69, 9.17) is 18.9 Å². The highest BCUT2D eigenvalue weighted by molar-refractivity contribution is 5.97. The minimum Gasteiger partial charge on any atom is -0.460 e. The zero-order valence-electron chi connectivity index (χ0n) is 44.6. The van der Waals surface area contributed by atoms with Gasteiger partial charge in [-0.15, -0.1) is 0 Å². The number of esters is 2. The molecule has 1 aromatic carbocycles. The number of ether oxygens (including phenoxy) is 4. The van der Waals surface area contributed by atoms with Crippen LogP contribution in [0.4, 0.5) is 0 Å². The summed E-state index contributed by atoms with van der Waals surface area (Å²) in [6.45, 7) is 26.4. The number of nitrogens with one attached hydrogen (secondary N) is 6. The van der Waals surface area contributed by atoms with E-state index < -0.39 is 119 Å². The summed E-state index contributed by atoms with van der Waals surface area (Å²) in [5, 5.41) is 16.7. The average Bonchev–Trinajstić information content (AvgIpc) is 3.21. The molecule has 6 amide bonds. The lowest BCUT2D eigenvalue weighted by Crippen LogP contribution is -2.62. The summed E-state index contributed by atoms with van der Waals surface area (Å²) < 4.78 is 21.7. The second-order valence-corrected chi connectivity index (χ2v) is 21.5. The monoisotopic (exact) mass is 975 g/mol. The van der Waals surface area contributed by atoms with E-state index in [9.17, 15) is 38.4 Å². The van der Waals surface area contributed by atoms with Crippen LogP contribution in [-0.2, 0) is 63.7 Å². The molecule has 0 unspecified atom stereocenters. The van der Waals surface area contributed by atoms with Gasteiger partial charge in [0, 0.05) is 27.1 Å². The molecule has 0 saturated carbocycles. The Bertz CT molecular complexity index is 1860. The highest BCUT2D eigenvalue weighted by Gasteiger charge is 2.39. The van der Waals surface area contributed by atoms with Gasteiger partial charge in [0.2, 0.25) is 35.4 Å². The third kappa shape index (κ3) is 23.9. The Balaban J connectivity index is 3.58. The molecule has 0 radical (unpaired) electrons. The first-order valence-electron chi connectivity index (χ1n) is 24.2. The minimum atomic E-state index is -1.51. The molecular formula is C51H86N6O12. The van der Waals surface area contributed by atoms with E-state index in [1.165, 1.54) is 14.2 Å². The average molecular weight is 975 g/mol. The van der Waals surface area contributed by atoms with E-state index in [0.29, 0.717) is 6.42 Å². The van der Waals surface area contributed by atoms with Crippen molar-refractivity contribution < 1.29 is 57.3 Å². The van der Waals surface area contributed by atoms with Crippen LogP contribution < -0.4 is 31.9 Å². The molecule has 392 valence electrons. The maximum atomic E-state index is 14.6. The molecule has 6 N–H and O–H groups in total.